The summed E-state index contributed by atoms with van der Waals surface area (Å²) in [4.78, 5) is 22.3. The van der Waals surface area contributed by atoms with Crippen LogP contribution in [0.2, 0.25) is 0 Å². The van der Waals surface area contributed by atoms with Crippen molar-refractivity contribution in [2.24, 2.45) is 0 Å². The number of amides is 1. The first-order valence-corrected chi connectivity index (χ1v) is 5.98. The second-order valence-electron chi connectivity index (χ2n) is 4.20. The molecule has 1 aromatic rings. The highest BCUT2D eigenvalue weighted by Gasteiger charge is 2.09. The Labute approximate surface area is 102 Å². The summed E-state index contributed by atoms with van der Waals surface area (Å²) in [6.07, 6.45) is 2.26. The molecule has 0 aliphatic heterocycles. The second kappa shape index (κ2) is 6.23. The minimum Gasteiger partial charge on any atom is -0.356 e. The number of carbonyl (C=O) groups excluding carboxylic acids is 2. The number of rotatable bonds is 6. The fraction of sp³-hybridized carbons (Fsp3) is 0.538. The minimum atomic E-state index is 0.0620. The lowest BCUT2D eigenvalue weighted by molar-refractivity contribution is -0.121. The molecule has 0 aliphatic rings. The minimum absolute atomic E-state index is 0.0620. The highest BCUT2D eigenvalue weighted by atomic mass is 16.1. The summed E-state index contributed by atoms with van der Waals surface area (Å²) in [5.41, 5.74) is 2.66. The molecule has 0 fully saturated rings. The lowest BCUT2D eigenvalue weighted by atomic mass is 10.3. The fourth-order valence-corrected chi connectivity index (χ4v) is 1.86. The van der Waals surface area contributed by atoms with Crippen LogP contribution in [0.3, 0.4) is 0 Å². The van der Waals surface area contributed by atoms with Gasteiger partial charge in [-0.15, -0.1) is 0 Å². The van der Waals surface area contributed by atoms with Crippen LogP contribution in [-0.2, 0) is 11.3 Å². The maximum atomic E-state index is 11.5. The maximum Gasteiger partial charge on any atom is 0.221 e. The molecule has 1 amide bonds. The Hall–Kier alpha value is -1.58. The average molecular weight is 236 g/mol. The predicted molar refractivity (Wildman–Crippen MR) is 67.2 cm³/mol. The standard InChI is InChI=1S/C13H20N2O2/c1-4-6-14-13(17)5-7-15-10(2)8-12(9-16)11(15)3/h8-9H,4-7H2,1-3H3,(H,14,17). The number of aryl methyl sites for hydroxylation is 1. The van der Waals surface area contributed by atoms with E-state index in [1.165, 1.54) is 0 Å². The second-order valence-corrected chi connectivity index (χ2v) is 4.20. The summed E-state index contributed by atoms with van der Waals surface area (Å²) in [6.45, 7) is 7.23. The summed E-state index contributed by atoms with van der Waals surface area (Å²) >= 11 is 0. The summed E-state index contributed by atoms with van der Waals surface area (Å²) in [5, 5.41) is 2.84. The number of carbonyl (C=O) groups is 2. The Kier molecular flexibility index (Phi) is 4.94. The highest BCUT2D eigenvalue weighted by Crippen LogP contribution is 2.13. The van der Waals surface area contributed by atoms with Gasteiger partial charge in [-0.3, -0.25) is 9.59 Å². The number of hydrogen-bond acceptors (Lipinski definition) is 2. The summed E-state index contributed by atoms with van der Waals surface area (Å²) < 4.78 is 2.01. The molecule has 0 aliphatic carbocycles. The summed E-state index contributed by atoms with van der Waals surface area (Å²) in [5.74, 6) is 0.0620. The third-order valence-electron chi connectivity index (χ3n) is 2.87. The largest absolute Gasteiger partial charge is 0.356 e. The van der Waals surface area contributed by atoms with Gasteiger partial charge in [-0.05, 0) is 26.3 Å². The van der Waals surface area contributed by atoms with Crippen LogP contribution in [0, 0.1) is 13.8 Å². The maximum absolute atomic E-state index is 11.5. The van der Waals surface area contributed by atoms with Crippen LogP contribution >= 0.6 is 0 Å². The van der Waals surface area contributed by atoms with Gasteiger partial charge in [-0.1, -0.05) is 6.92 Å². The molecule has 1 rings (SSSR count). The zero-order chi connectivity index (χ0) is 12.8. The molecule has 0 aromatic carbocycles. The molecule has 0 unspecified atom stereocenters. The van der Waals surface area contributed by atoms with Crippen LogP contribution in [0.15, 0.2) is 6.07 Å². The van der Waals surface area contributed by atoms with Gasteiger partial charge in [0.15, 0.2) is 6.29 Å². The monoisotopic (exact) mass is 236 g/mol. The van der Waals surface area contributed by atoms with E-state index in [1.54, 1.807) is 0 Å². The molecule has 0 saturated heterocycles. The molecule has 4 nitrogen and oxygen atoms in total. The molecular weight excluding hydrogens is 216 g/mol. The lowest BCUT2D eigenvalue weighted by Crippen LogP contribution is -2.25. The van der Waals surface area contributed by atoms with Crippen LogP contribution in [0.1, 0.15) is 41.5 Å². The van der Waals surface area contributed by atoms with E-state index in [9.17, 15) is 9.59 Å². The van der Waals surface area contributed by atoms with Crippen LogP contribution in [0.25, 0.3) is 0 Å². The lowest BCUT2D eigenvalue weighted by Gasteiger charge is -2.09. The Bertz CT molecular complexity index is 408. The van der Waals surface area contributed by atoms with Crippen molar-refractivity contribution < 1.29 is 9.59 Å². The molecular formula is C13H20N2O2. The molecule has 94 valence electrons. The first kappa shape index (κ1) is 13.5. The van der Waals surface area contributed by atoms with Crippen molar-refractivity contribution in [1.29, 1.82) is 0 Å². The van der Waals surface area contributed by atoms with E-state index in [-0.39, 0.29) is 5.91 Å². The first-order chi connectivity index (χ1) is 8.10. The quantitative estimate of drug-likeness (QED) is 0.766. The normalized spacial score (nSPS) is 10.3. The number of nitrogens with one attached hydrogen (secondary N) is 1. The number of nitrogens with zero attached hydrogens (tertiary/aromatic N) is 1. The van der Waals surface area contributed by atoms with Crippen LogP contribution in [0.5, 0.6) is 0 Å². The molecule has 1 aromatic heterocycles. The van der Waals surface area contributed by atoms with Gasteiger partial charge in [0.25, 0.3) is 0 Å². The van der Waals surface area contributed by atoms with Gasteiger partial charge in [-0.2, -0.15) is 0 Å². The SMILES string of the molecule is CCCNC(=O)CCn1c(C)cc(C=O)c1C. The molecule has 0 saturated carbocycles. The molecule has 4 heteroatoms. The van der Waals surface area contributed by atoms with Gasteiger partial charge in [0.2, 0.25) is 5.91 Å². The van der Waals surface area contributed by atoms with E-state index in [1.807, 2.05) is 31.4 Å². The molecule has 17 heavy (non-hydrogen) atoms. The van der Waals surface area contributed by atoms with Crippen molar-refractivity contribution in [2.45, 2.75) is 40.2 Å². The van der Waals surface area contributed by atoms with Crippen LogP contribution in [-0.4, -0.2) is 23.3 Å². The number of hydrogen-bond donors (Lipinski definition) is 1. The van der Waals surface area contributed by atoms with Crippen molar-refractivity contribution in [3.8, 4) is 0 Å². The van der Waals surface area contributed by atoms with Gasteiger partial charge in [0, 0.05) is 36.5 Å². The van der Waals surface area contributed by atoms with E-state index >= 15 is 0 Å². The molecule has 0 radical (unpaired) electrons. The van der Waals surface area contributed by atoms with E-state index in [2.05, 4.69) is 5.32 Å². The van der Waals surface area contributed by atoms with Gasteiger partial charge in [-0.25, -0.2) is 0 Å². The summed E-state index contributed by atoms with van der Waals surface area (Å²) in [6, 6.07) is 1.85. The van der Waals surface area contributed by atoms with Gasteiger partial charge in [0.1, 0.15) is 0 Å². The zero-order valence-corrected chi connectivity index (χ0v) is 10.7. The Morgan fingerprint density at radius 1 is 1.47 bits per heavy atom. The van der Waals surface area contributed by atoms with Crippen LogP contribution < -0.4 is 5.32 Å². The van der Waals surface area contributed by atoms with E-state index < -0.39 is 0 Å². The average Bonchev–Trinajstić information content (AvgIpc) is 2.59. The fourth-order valence-electron chi connectivity index (χ4n) is 1.86. The topological polar surface area (TPSA) is 51.1 Å². The smallest absolute Gasteiger partial charge is 0.221 e. The first-order valence-electron chi connectivity index (χ1n) is 5.98. The third kappa shape index (κ3) is 3.44. The molecule has 1 N–H and O–H groups in total. The molecule has 0 spiro atoms. The van der Waals surface area contributed by atoms with Gasteiger partial charge < -0.3 is 9.88 Å². The van der Waals surface area contributed by atoms with Crippen molar-refractivity contribution in [3.63, 3.8) is 0 Å². The van der Waals surface area contributed by atoms with Gasteiger partial charge >= 0.3 is 0 Å². The third-order valence-corrected chi connectivity index (χ3v) is 2.87. The summed E-state index contributed by atoms with van der Waals surface area (Å²) in [7, 11) is 0. The van der Waals surface area contributed by atoms with Crippen molar-refractivity contribution >= 4 is 12.2 Å². The Morgan fingerprint density at radius 2 is 2.18 bits per heavy atom. The van der Waals surface area contributed by atoms with Crippen molar-refractivity contribution in [2.75, 3.05) is 6.54 Å². The number of aldehydes is 1. The Balaban J connectivity index is 2.60. The highest BCUT2D eigenvalue weighted by molar-refractivity contribution is 5.77. The zero-order valence-electron chi connectivity index (χ0n) is 10.7. The van der Waals surface area contributed by atoms with Crippen molar-refractivity contribution in [1.82, 2.24) is 9.88 Å². The predicted octanol–water partition coefficient (Wildman–Crippen LogP) is 1.83. The molecule has 0 bridgehead atoms. The molecule has 1 heterocycles. The van der Waals surface area contributed by atoms with Crippen LogP contribution in [0.4, 0.5) is 0 Å². The van der Waals surface area contributed by atoms with Gasteiger partial charge in [0.05, 0.1) is 0 Å². The van der Waals surface area contributed by atoms with E-state index in [0.717, 1.165) is 30.6 Å². The molecule has 0 atom stereocenters. The van der Waals surface area contributed by atoms with Crippen molar-refractivity contribution in [3.05, 3.63) is 23.0 Å². The van der Waals surface area contributed by atoms with E-state index in [0.29, 0.717) is 18.5 Å². The number of aromatic nitrogens is 1. The Morgan fingerprint density at radius 3 is 2.71 bits per heavy atom. The van der Waals surface area contributed by atoms with E-state index in [4.69, 9.17) is 0 Å².